The molecule has 0 spiro atoms. The molecule has 1 aromatic carbocycles. The summed E-state index contributed by atoms with van der Waals surface area (Å²) in [5.74, 6) is -0.160. The summed E-state index contributed by atoms with van der Waals surface area (Å²) >= 11 is 0. The normalized spacial score (nSPS) is 19.1. The van der Waals surface area contributed by atoms with Crippen LogP contribution in [0.25, 0.3) is 0 Å². The zero-order valence-corrected chi connectivity index (χ0v) is 11.7. The second-order valence-electron chi connectivity index (χ2n) is 6.50. The van der Waals surface area contributed by atoms with Crippen LogP contribution in [0.2, 0.25) is 0 Å². The van der Waals surface area contributed by atoms with Gasteiger partial charge in [-0.05, 0) is 36.0 Å². The Morgan fingerprint density at radius 3 is 2.17 bits per heavy atom. The summed E-state index contributed by atoms with van der Waals surface area (Å²) in [6, 6.07) is 7.86. The van der Waals surface area contributed by atoms with Gasteiger partial charge in [-0.15, -0.1) is 0 Å². The van der Waals surface area contributed by atoms with Gasteiger partial charge < -0.3 is 5.32 Å². The minimum Gasteiger partial charge on any atom is -0.307 e. The topological polar surface area (TPSA) is 12.0 Å². The van der Waals surface area contributed by atoms with Crippen molar-refractivity contribution >= 4 is 0 Å². The van der Waals surface area contributed by atoms with Crippen LogP contribution in [-0.2, 0) is 0 Å². The molecule has 1 saturated carbocycles. The molecule has 1 aromatic rings. The molecular formula is C16H24FN. The molecule has 18 heavy (non-hydrogen) atoms. The van der Waals surface area contributed by atoms with Gasteiger partial charge in [0.25, 0.3) is 0 Å². The van der Waals surface area contributed by atoms with E-state index in [1.807, 2.05) is 12.1 Å². The number of rotatable bonds is 3. The van der Waals surface area contributed by atoms with E-state index < -0.39 is 0 Å². The van der Waals surface area contributed by atoms with Gasteiger partial charge in [0.15, 0.2) is 0 Å². The number of hydrogen-bond acceptors (Lipinski definition) is 1. The third kappa shape index (κ3) is 3.32. The van der Waals surface area contributed by atoms with Gasteiger partial charge in [-0.2, -0.15) is 0 Å². The molecule has 0 amide bonds. The summed E-state index contributed by atoms with van der Waals surface area (Å²) in [5.41, 5.74) is 1.33. The lowest BCUT2D eigenvalue weighted by atomic mass is 9.82. The summed E-state index contributed by atoms with van der Waals surface area (Å²) in [7, 11) is 0. The Kier molecular flexibility index (Phi) is 4.06. The molecule has 0 aliphatic heterocycles. The molecule has 2 rings (SSSR count). The summed E-state index contributed by atoms with van der Waals surface area (Å²) in [6.07, 6.45) is 5.21. The predicted octanol–water partition coefficient (Wildman–Crippen LogP) is 4.45. The maximum absolute atomic E-state index is 13.0. The van der Waals surface area contributed by atoms with E-state index in [0.29, 0.717) is 12.1 Å². The number of halogens is 1. The van der Waals surface area contributed by atoms with Gasteiger partial charge in [0.1, 0.15) is 5.82 Å². The van der Waals surface area contributed by atoms with E-state index in [4.69, 9.17) is 0 Å². The van der Waals surface area contributed by atoms with Crippen LogP contribution in [0.4, 0.5) is 4.39 Å². The number of benzene rings is 1. The number of nitrogens with one attached hydrogen (secondary N) is 1. The Morgan fingerprint density at radius 1 is 1.11 bits per heavy atom. The minimum absolute atomic E-state index is 0.139. The summed E-state index contributed by atoms with van der Waals surface area (Å²) in [4.78, 5) is 0. The smallest absolute Gasteiger partial charge is 0.123 e. The highest BCUT2D eigenvalue weighted by atomic mass is 19.1. The summed E-state index contributed by atoms with van der Waals surface area (Å²) < 4.78 is 13.0. The third-order valence-electron chi connectivity index (χ3n) is 3.83. The van der Waals surface area contributed by atoms with Crippen LogP contribution >= 0.6 is 0 Å². The Hall–Kier alpha value is -0.890. The van der Waals surface area contributed by atoms with E-state index >= 15 is 0 Å². The lowest BCUT2D eigenvalue weighted by Crippen LogP contribution is -2.38. The van der Waals surface area contributed by atoms with Crippen molar-refractivity contribution in [3.63, 3.8) is 0 Å². The van der Waals surface area contributed by atoms with Gasteiger partial charge in [-0.3, -0.25) is 0 Å². The third-order valence-corrected chi connectivity index (χ3v) is 3.83. The first-order chi connectivity index (χ1) is 8.47. The second-order valence-corrected chi connectivity index (χ2v) is 6.50. The first-order valence-corrected chi connectivity index (χ1v) is 6.98. The number of hydrogen-bond donors (Lipinski definition) is 1. The highest BCUT2D eigenvalue weighted by Crippen LogP contribution is 2.34. The zero-order chi connectivity index (χ0) is 13.2. The molecule has 1 unspecified atom stereocenters. The minimum atomic E-state index is -0.160. The van der Waals surface area contributed by atoms with Crippen LogP contribution in [0.3, 0.4) is 0 Å². The van der Waals surface area contributed by atoms with Crippen LogP contribution in [0.15, 0.2) is 24.3 Å². The zero-order valence-electron chi connectivity index (χ0n) is 11.7. The highest BCUT2D eigenvalue weighted by Gasteiger charge is 2.29. The van der Waals surface area contributed by atoms with Crippen molar-refractivity contribution in [2.75, 3.05) is 0 Å². The predicted molar refractivity (Wildman–Crippen MR) is 74.0 cm³/mol. The molecular weight excluding hydrogens is 225 g/mol. The van der Waals surface area contributed by atoms with Crippen molar-refractivity contribution in [3.8, 4) is 0 Å². The van der Waals surface area contributed by atoms with Crippen molar-refractivity contribution in [1.82, 2.24) is 5.32 Å². The van der Waals surface area contributed by atoms with E-state index in [0.717, 1.165) is 0 Å². The SMILES string of the molecule is CC(C)(C)C(NC1CCCC1)c1ccc(F)cc1. The largest absolute Gasteiger partial charge is 0.307 e. The molecule has 1 atom stereocenters. The van der Waals surface area contributed by atoms with Crippen LogP contribution in [0.5, 0.6) is 0 Å². The van der Waals surface area contributed by atoms with Crippen LogP contribution in [0, 0.1) is 11.2 Å². The first kappa shape index (κ1) is 13.5. The van der Waals surface area contributed by atoms with Crippen LogP contribution in [0.1, 0.15) is 58.1 Å². The van der Waals surface area contributed by atoms with E-state index in [2.05, 4.69) is 26.1 Å². The summed E-state index contributed by atoms with van der Waals surface area (Å²) in [6.45, 7) is 6.72. The maximum Gasteiger partial charge on any atom is 0.123 e. The molecule has 0 aromatic heterocycles. The van der Waals surface area contributed by atoms with Crippen molar-refractivity contribution in [3.05, 3.63) is 35.6 Å². The van der Waals surface area contributed by atoms with Gasteiger partial charge in [-0.1, -0.05) is 45.7 Å². The van der Waals surface area contributed by atoms with Crippen molar-refractivity contribution < 1.29 is 4.39 Å². The molecule has 100 valence electrons. The second kappa shape index (κ2) is 5.40. The Balaban J connectivity index is 2.16. The van der Waals surface area contributed by atoms with E-state index in [1.54, 1.807) is 12.1 Å². The van der Waals surface area contributed by atoms with E-state index in [9.17, 15) is 4.39 Å². The Morgan fingerprint density at radius 2 is 1.67 bits per heavy atom. The molecule has 0 saturated heterocycles. The molecule has 0 heterocycles. The fourth-order valence-electron chi connectivity index (χ4n) is 2.83. The van der Waals surface area contributed by atoms with Crippen LogP contribution < -0.4 is 5.32 Å². The van der Waals surface area contributed by atoms with E-state index in [-0.39, 0.29) is 11.2 Å². The van der Waals surface area contributed by atoms with Gasteiger partial charge in [0, 0.05) is 12.1 Å². The average Bonchev–Trinajstić information content (AvgIpc) is 2.79. The molecule has 1 N–H and O–H groups in total. The monoisotopic (exact) mass is 249 g/mol. The Labute approximate surface area is 110 Å². The lowest BCUT2D eigenvalue weighted by molar-refractivity contribution is 0.249. The maximum atomic E-state index is 13.0. The lowest BCUT2D eigenvalue weighted by Gasteiger charge is -2.34. The molecule has 1 nitrogen and oxygen atoms in total. The van der Waals surface area contributed by atoms with Gasteiger partial charge >= 0.3 is 0 Å². The average molecular weight is 249 g/mol. The molecule has 1 fully saturated rings. The quantitative estimate of drug-likeness (QED) is 0.834. The molecule has 1 aliphatic rings. The fourth-order valence-corrected chi connectivity index (χ4v) is 2.83. The Bertz CT molecular complexity index is 371. The highest BCUT2D eigenvalue weighted by molar-refractivity contribution is 5.22. The summed E-state index contributed by atoms with van der Waals surface area (Å²) in [5, 5.41) is 3.77. The molecule has 0 bridgehead atoms. The molecule has 2 heteroatoms. The van der Waals surface area contributed by atoms with Gasteiger partial charge in [0.05, 0.1) is 0 Å². The van der Waals surface area contributed by atoms with E-state index in [1.165, 1.54) is 31.2 Å². The van der Waals surface area contributed by atoms with Gasteiger partial charge in [0.2, 0.25) is 0 Å². The van der Waals surface area contributed by atoms with Crippen LogP contribution in [-0.4, -0.2) is 6.04 Å². The van der Waals surface area contributed by atoms with Gasteiger partial charge in [-0.25, -0.2) is 4.39 Å². The standard InChI is InChI=1S/C16H24FN/c1-16(2,3)15(18-14-6-4-5-7-14)12-8-10-13(17)11-9-12/h8-11,14-15,18H,4-7H2,1-3H3. The molecule has 1 aliphatic carbocycles. The van der Waals surface area contributed by atoms with Crippen molar-refractivity contribution in [1.29, 1.82) is 0 Å². The fraction of sp³-hybridized carbons (Fsp3) is 0.625. The first-order valence-electron chi connectivity index (χ1n) is 6.98. The van der Waals surface area contributed by atoms with Crippen molar-refractivity contribution in [2.45, 2.75) is 58.5 Å². The van der Waals surface area contributed by atoms with Crippen molar-refractivity contribution in [2.24, 2.45) is 5.41 Å². The molecule has 0 radical (unpaired) electrons.